The summed E-state index contributed by atoms with van der Waals surface area (Å²) in [6, 6.07) is 4.18. The van der Waals surface area contributed by atoms with E-state index >= 15 is 0 Å². The summed E-state index contributed by atoms with van der Waals surface area (Å²) in [5, 5.41) is 4.53. The van der Waals surface area contributed by atoms with E-state index in [1.807, 2.05) is 18.9 Å². The van der Waals surface area contributed by atoms with Crippen molar-refractivity contribution < 1.29 is 10.1 Å². The predicted octanol–water partition coefficient (Wildman–Crippen LogP) is 0.904. The minimum atomic E-state index is 0.101. The molecular formula is C11H17N2OS2+. The van der Waals surface area contributed by atoms with Gasteiger partial charge in [0.25, 0.3) is 0 Å². The topological polar surface area (TPSA) is 36.9 Å². The van der Waals surface area contributed by atoms with Crippen molar-refractivity contribution in [2.45, 2.75) is 17.5 Å². The second-order valence-corrected chi connectivity index (χ2v) is 6.28. The van der Waals surface area contributed by atoms with E-state index in [0.29, 0.717) is 0 Å². The quantitative estimate of drug-likeness (QED) is 0.870. The van der Waals surface area contributed by atoms with Gasteiger partial charge in [-0.2, -0.15) is 0 Å². The molecule has 2 N–H and O–H groups in total. The molecule has 0 spiro atoms. The van der Waals surface area contributed by atoms with E-state index in [0.717, 1.165) is 13.1 Å². The van der Waals surface area contributed by atoms with Crippen LogP contribution in [0.15, 0.2) is 17.5 Å². The molecule has 2 atom stereocenters. The maximum absolute atomic E-state index is 12.0. The first kappa shape index (κ1) is 12.0. The average molecular weight is 257 g/mol. The van der Waals surface area contributed by atoms with Crippen molar-refractivity contribution in [3.8, 4) is 0 Å². The largest absolute Gasteiger partial charge is 0.347 e. The van der Waals surface area contributed by atoms with Gasteiger partial charge in [-0.05, 0) is 18.4 Å². The standard InChI is InChI=1S/C11H16N2OS2/c1-8-10(14)13(6-5-12-2)11(16-8)9-4-3-7-15-9/h3-4,7-8,11-12H,5-6H2,1-2H3/p+1/t8-,11-/m1/s1. The second-order valence-electron chi connectivity index (χ2n) is 3.87. The Kier molecular flexibility index (Phi) is 3.89. The minimum absolute atomic E-state index is 0.101. The molecule has 16 heavy (non-hydrogen) atoms. The molecule has 88 valence electrons. The number of hydrogen-bond acceptors (Lipinski definition) is 3. The average Bonchev–Trinajstić information content (AvgIpc) is 2.87. The number of nitrogens with two attached hydrogens (primary N) is 1. The van der Waals surface area contributed by atoms with Crippen LogP contribution in [0.3, 0.4) is 0 Å². The van der Waals surface area contributed by atoms with E-state index in [4.69, 9.17) is 0 Å². The fourth-order valence-corrected chi connectivity index (χ4v) is 4.08. The lowest BCUT2D eigenvalue weighted by molar-refractivity contribution is -0.626. The molecule has 0 radical (unpaired) electrons. The molecule has 0 saturated carbocycles. The van der Waals surface area contributed by atoms with E-state index in [2.05, 4.69) is 22.8 Å². The SMILES string of the molecule is C[NH2+]CCN1C(=O)[C@@H](C)S[C@@H]1c1cccs1. The van der Waals surface area contributed by atoms with Crippen LogP contribution in [0.2, 0.25) is 0 Å². The number of thioether (sulfide) groups is 1. The highest BCUT2D eigenvalue weighted by molar-refractivity contribution is 8.01. The van der Waals surface area contributed by atoms with Crippen molar-refractivity contribution in [1.82, 2.24) is 4.90 Å². The zero-order chi connectivity index (χ0) is 11.5. The van der Waals surface area contributed by atoms with Crippen LogP contribution in [0.5, 0.6) is 0 Å². The lowest BCUT2D eigenvalue weighted by Crippen LogP contribution is -2.81. The molecule has 2 heterocycles. The van der Waals surface area contributed by atoms with E-state index in [1.54, 1.807) is 23.1 Å². The highest BCUT2D eigenvalue weighted by Crippen LogP contribution is 2.43. The molecule has 3 nitrogen and oxygen atoms in total. The van der Waals surface area contributed by atoms with Gasteiger partial charge >= 0.3 is 0 Å². The Morgan fingerprint density at radius 3 is 3.00 bits per heavy atom. The molecule has 1 saturated heterocycles. The van der Waals surface area contributed by atoms with E-state index in [1.165, 1.54) is 4.88 Å². The molecule has 0 aromatic carbocycles. The van der Waals surface area contributed by atoms with Gasteiger partial charge in [0.2, 0.25) is 5.91 Å². The summed E-state index contributed by atoms with van der Waals surface area (Å²) < 4.78 is 0. The summed E-state index contributed by atoms with van der Waals surface area (Å²) in [7, 11) is 2.04. The monoisotopic (exact) mass is 257 g/mol. The Morgan fingerprint density at radius 2 is 2.38 bits per heavy atom. The van der Waals surface area contributed by atoms with Crippen molar-refractivity contribution in [2.75, 3.05) is 20.1 Å². The lowest BCUT2D eigenvalue weighted by Gasteiger charge is -2.21. The van der Waals surface area contributed by atoms with Gasteiger partial charge < -0.3 is 10.2 Å². The molecule has 5 heteroatoms. The summed E-state index contributed by atoms with van der Waals surface area (Å²) in [5.74, 6) is 0.283. The van der Waals surface area contributed by atoms with Gasteiger partial charge in [-0.15, -0.1) is 23.1 Å². The number of thiophene rings is 1. The van der Waals surface area contributed by atoms with Crippen LogP contribution in [0.4, 0.5) is 0 Å². The van der Waals surface area contributed by atoms with Gasteiger partial charge in [-0.3, -0.25) is 4.79 Å². The fourth-order valence-electron chi connectivity index (χ4n) is 1.82. The maximum atomic E-state index is 12.0. The molecule has 2 rings (SSSR count). The van der Waals surface area contributed by atoms with Gasteiger partial charge in [0.15, 0.2) is 0 Å². The molecule has 1 fully saturated rings. The summed E-state index contributed by atoms with van der Waals surface area (Å²) in [6.45, 7) is 3.82. The zero-order valence-corrected chi connectivity index (χ0v) is 11.2. The van der Waals surface area contributed by atoms with Crippen LogP contribution in [-0.2, 0) is 4.79 Å². The first-order valence-electron chi connectivity index (χ1n) is 5.51. The lowest BCUT2D eigenvalue weighted by atomic mass is 10.3. The Balaban J connectivity index is 2.13. The summed E-state index contributed by atoms with van der Waals surface area (Å²) in [5.41, 5.74) is 0. The van der Waals surface area contributed by atoms with Gasteiger partial charge in [0, 0.05) is 4.88 Å². The number of nitrogens with zero attached hydrogens (tertiary/aromatic N) is 1. The summed E-state index contributed by atoms with van der Waals surface area (Å²) in [6.07, 6.45) is 0. The molecule has 1 aromatic heterocycles. The van der Waals surface area contributed by atoms with Crippen LogP contribution in [0, 0.1) is 0 Å². The molecule has 1 aromatic rings. The predicted molar refractivity (Wildman–Crippen MR) is 68.5 cm³/mol. The minimum Gasteiger partial charge on any atom is -0.347 e. The number of likely N-dealkylation sites (N-methyl/N-ethyl adjacent to an activating group) is 1. The van der Waals surface area contributed by atoms with E-state index < -0.39 is 0 Å². The maximum Gasteiger partial charge on any atom is 0.236 e. The third-order valence-electron chi connectivity index (χ3n) is 2.69. The Labute approximate surface area is 104 Å². The number of carbonyl (C=O) groups is 1. The van der Waals surface area contributed by atoms with Crippen molar-refractivity contribution >= 4 is 29.0 Å². The van der Waals surface area contributed by atoms with Crippen LogP contribution in [0.25, 0.3) is 0 Å². The van der Waals surface area contributed by atoms with Crippen molar-refractivity contribution in [1.29, 1.82) is 0 Å². The molecule has 1 amide bonds. The molecule has 0 unspecified atom stereocenters. The Hall–Kier alpha value is -0.520. The molecular weight excluding hydrogens is 240 g/mol. The highest BCUT2D eigenvalue weighted by Gasteiger charge is 2.38. The molecule has 1 aliphatic rings. The third-order valence-corrected chi connectivity index (χ3v) is 5.14. The Bertz CT molecular complexity index is 353. The van der Waals surface area contributed by atoms with Gasteiger partial charge in [-0.1, -0.05) is 6.07 Å². The Morgan fingerprint density at radius 1 is 1.56 bits per heavy atom. The van der Waals surface area contributed by atoms with Gasteiger partial charge in [-0.25, -0.2) is 0 Å². The summed E-state index contributed by atoms with van der Waals surface area (Å²) >= 11 is 3.50. The number of carbonyl (C=O) groups excluding carboxylic acids is 1. The van der Waals surface area contributed by atoms with Crippen molar-refractivity contribution in [3.63, 3.8) is 0 Å². The highest BCUT2D eigenvalue weighted by atomic mass is 32.2. The van der Waals surface area contributed by atoms with Crippen LogP contribution in [0.1, 0.15) is 17.2 Å². The normalized spacial score (nSPS) is 25.4. The van der Waals surface area contributed by atoms with Crippen molar-refractivity contribution in [2.24, 2.45) is 0 Å². The third kappa shape index (κ3) is 2.26. The van der Waals surface area contributed by atoms with Crippen molar-refractivity contribution in [3.05, 3.63) is 22.4 Å². The summed E-state index contributed by atoms with van der Waals surface area (Å²) in [4.78, 5) is 15.3. The first-order chi connectivity index (χ1) is 7.74. The number of quaternary nitrogens is 1. The van der Waals surface area contributed by atoms with Gasteiger partial charge in [0.05, 0.1) is 25.4 Å². The zero-order valence-electron chi connectivity index (χ0n) is 9.55. The van der Waals surface area contributed by atoms with Crippen LogP contribution < -0.4 is 5.32 Å². The number of rotatable bonds is 4. The van der Waals surface area contributed by atoms with E-state index in [-0.39, 0.29) is 16.5 Å². The molecule has 0 bridgehead atoms. The molecule has 0 aliphatic carbocycles. The van der Waals surface area contributed by atoms with E-state index in [9.17, 15) is 4.79 Å². The fraction of sp³-hybridized carbons (Fsp3) is 0.545. The van der Waals surface area contributed by atoms with Crippen LogP contribution >= 0.6 is 23.1 Å². The molecule has 1 aliphatic heterocycles. The number of hydrogen-bond donors (Lipinski definition) is 1. The first-order valence-corrected chi connectivity index (χ1v) is 7.33. The van der Waals surface area contributed by atoms with Gasteiger partial charge in [0.1, 0.15) is 5.37 Å². The smallest absolute Gasteiger partial charge is 0.236 e. The second kappa shape index (κ2) is 5.21. The number of amides is 1. The van der Waals surface area contributed by atoms with Crippen LogP contribution in [-0.4, -0.2) is 36.2 Å².